The highest BCUT2D eigenvalue weighted by Crippen LogP contribution is 2.33. The molecule has 1 aromatic rings. The zero-order valence-electron chi connectivity index (χ0n) is 11.0. The highest BCUT2D eigenvalue weighted by Gasteiger charge is 2.26. The second-order valence-electron chi connectivity index (χ2n) is 4.98. The zero-order valence-corrected chi connectivity index (χ0v) is 11.0. The third-order valence-electron chi connectivity index (χ3n) is 3.86. The summed E-state index contributed by atoms with van der Waals surface area (Å²) in [4.78, 5) is 11.7. The molecular weight excluding hydrogens is 224 g/mol. The van der Waals surface area contributed by atoms with Crippen LogP contribution in [0, 0.1) is 5.92 Å². The van der Waals surface area contributed by atoms with Crippen molar-refractivity contribution in [3.63, 3.8) is 0 Å². The molecule has 0 saturated carbocycles. The van der Waals surface area contributed by atoms with Crippen LogP contribution in [0.2, 0.25) is 0 Å². The number of piperidine rings is 1. The first kappa shape index (κ1) is 13.1. The third kappa shape index (κ3) is 3.33. The van der Waals surface area contributed by atoms with Gasteiger partial charge in [0.15, 0.2) is 0 Å². The van der Waals surface area contributed by atoms with Gasteiger partial charge in [0.05, 0.1) is 0 Å². The van der Waals surface area contributed by atoms with Crippen molar-refractivity contribution in [3.8, 4) is 0 Å². The molecular formula is C15H22N2O. The Morgan fingerprint density at radius 2 is 2.00 bits per heavy atom. The molecule has 1 amide bonds. The maximum Gasteiger partial charge on any atom is 0.220 e. The Bertz CT molecular complexity index is 371. The van der Waals surface area contributed by atoms with Crippen molar-refractivity contribution in [2.24, 2.45) is 5.92 Å². The van der Waals surface area contributed by atoms with Crippen molar-refractivity contribution >= 4 is 5.91 Å². The fourth-order valence-electron chi connectivity index (χ4n) is 2.81. The molecule has 0 aromatic heterocycles. The Balaban J connectivity index is 2.14. The summed E-state index contributed by atoms with van der Waals surface area (Å²) in [6, 6.07) is 10.5. The molecule has 1 saturated heterocycles. The van der Waals surface area contributed by atoms with Crippen molar-refractivity contribution < 1.29 is 4.79 Å². The lowest BCUT2D eigenvalue weighted by atomic mass is 9.78. The second-order valence-corrected chi connectivity index (χ2v) is 4.98. The normalized spacial score (nSPS) is 18.3. The van der Waals surface area contributed by atoms with Crippen LogP contribution in [0.3, 0.4) is 0 Å². The van der Waals surface area contributed by atoms with E-state index in [0.29, 0.717) is 18.3 Å². The van der Waals surface area contributed by atoms with Crippen LogP contribution in [0.25, 0.3) is 0 Å². The van der Waals surface area contributed by atoms with Crippen molar-refractivity contribution in [1.29, 1.82) is 0 Å². The summed E-state index contributed by atoms with van der Waals surface area (Å²) in [5.74, 6) is 1.11. The van der Waals surface area contributed by atoms with Crippen LogP contribution < -0.4 is 10.6 Å². The topological polar surface area (TPSA) is 41.1 Å². The summed E-state index contributed by atoms with van der Waals surface area (Å²) in [6.45, 7) is 2.14. The van der Waals surface area contributed by atoms with E-state index < -0.39 is 0 Å². The number of rotatable bonds is 4. The average molecular weight is 246 g/mol. The number of hydrogen-bond acceptors (Lipinski definition) is 2. The molecule has 1 aliphatic heterocycles. The van der Waals surface area contributed by atoms with Crippen LogP contribution in [0.1, 0.15) is 30.7 Å². The molecule has 1 aliphatic rings. The molecule has 0 radical (unpaired) electrons. The van der Waals surface area contributed by atoms with E-state index in [1.807, 2.05) is 6.07 Å². The summed E-state index contributed by atoms with van der Waals surface area (Å²) in [5, 5.41) is 6.14. The van der Waals surface area contributed by atoms with Gasteiger partial charge in [-0.05, 0) is 43.3 Å². The first-order chi connectivity index (χ1) is 8.81. The van der Waals surface area contributed by atoms with Crippen molar-refractivity contribution in [2.75, 3.05) is 20.1 Å². The Morgan fingerprint density at radius 3 is 2.61 bits per heavy atom. The molecule has 0 spiro atoms. The molecule has 0 unspecified atom stereocenters. The van der Waals surface area contributed by atoms with Gasteiger partial charge in [-0.1, -0.05) is 30.3 Å². The lowest BCUT2D eigenvalue weighted by Crippen LogP contribution is -2.33. The Morgan fingerprint density at radius 1 is 1.33 bits per heavy atom. The minimum absolute atomic E-state index is 0.141. The molecule has 3 nitrogen and oxygen atoms in total. The molecule has 98 valence electrons. The molecule has 2 rings (SSSR count). The highest BCUT2D eigenvalue weighted by molar-refractivity contribution is 5.76. The Hall–Kier alpha value is -1.35. The molecule has 0 bridgehead atoms. The number of nitrogens with one attached hydrogen (secondary N) is 2. The van der Waals surface area contributed by atoms with Gasteiger partial charge in [0, 0.05) is 13.5 Å². The quantitative estimate of drug-likeness (QED) is 0.852. The maximum atomic E-state index is 11.7. The number of carbonyl (C=O) groups excluding carboxylic acids is 1. The molecule has 1 aromatic carbocycles. The van der Waals surface area contributed by atoms with Crippen LogP contribution in [0.4, 0.5) is 0 Å². The number of carbonyl (C=O) groups is 1. The lowest BCUT2D eigenvalue weighted by molar-refractivity contribution is -0.121. The summed E-state index contributed by atoms with van der Waals surface area (Å²) >= 11 is 0. The van der Waals surface area contributed by atoms with Gasteiger partial charge in [-0.15, -0.1) is 0 Å². The minimum atomic E-state index is 0.141. The molecule has 2 N–H and O–H groups in total. The first-order valence-electron chi connectivity index (χ1n) is 6.77. The highest BCUT2D eigenvalue weighted by atomic mass is 16.1. The molecule has 1 heterocycles. The fraction of sp³-hybridized carbons (Fsp3) is 0.533. The van der Waals surface area contributed by atoms with Gasteiger partial charge in [-0.25, -0.2) is 0 Å². The summed E-state index contributed by atoms with van der Waals surface area (Å²) in [7, 11) is 1.72. The van der Waals surface area contributed by atoms with E-state index in [-0.39, 0.29) is 5.91 Å². The summed E-state index contributed by atoms with van der Waals surface area (Å²) in [5.41, 5.74) is 1.30. The van der Waals surface area contributed by atoms with Gasteiger partial charge in [0.2, 0.25) is 5.91 Å². The van der Waals surface area contributed by atoms with E-state index in [2.05, 4.69) is 34.9 Å². The monoisotopic (exact) mass is 246 g/mol. The molecule has 1 fully saturated rings. The predicted octanol–water partition coefficient (Wildman–Crippen LogP) is 1.91. The third-order valence-corrected chi connectivity index (χ3v) is 3.86. The Kier molecular flexibility index (Phi) is 4.76. The zero-order chi connectivity index (χ0) is 12.8. The molecule has 18 heavy (non-hydrogen) atoms. The standard InChI is InChI=1S/C15H22N2O/c1-16-15(18)11-14(12-5-3-2-4-6-12)13-7-9-17-10-8-13/h2-6,13-14,17H,7-11H2,1H3,(H,16,18)/t14-/m0/s1. The average Bonchev–Trinajstić information content (AvgIpc) is 2.46. The molecule has 0 aliphatic carbocycles. The van der Waals surface area contributed by atoms with E-state index in [1.54, 1.807) is 7.05 Å². The number of hydrogen-bond donors (Lipinski definition) is 2. The van der Waals surface area contributed by atoms with Crippen LogP contribution in [0.5, 0.6) is 0 Å². The Labute approximate surface area is 109 Å². The van der Waals surface area contributed by atoms with Gasteiger partial charge in [0.25, 0.3) is 0 Å². The van der Waals surface area contributed by atoms with Gasteiger partial charge in [0.1, 0.15) is 0 Å². The van der Waals surface area contributed by atoms with E-state index in [9.17, 15) is 4.79 Å². The second kappa shape index (κ2) is 6.55. The largest absolute Gasteiger partial charge is 0.359 e. The van der Waals surface area contributed by atoms with E-state index >= 15 is 0 Å². The number of amides is 1. The summed E-state index contributed by atoms with van der Waals surface area (Å²) in [6.07, 6.45) is 2.93. The number of benzene rings is 1. The summed E-state index contributed by atoms with van der Waals surface area (Å²) < 4.78 is 0. The van der Waals surface area contributed by atoms with Gasteiger partial charge in [-0.3, -0.25) is 4.79 Å². The van der Waals surface area contributed by atoms with Crippen molar-refractivity contribution in [2.45, 2.75) is 25.2 Å². The van der Waals surface area contributed by atoms with Crippen molar-refractivity contribution in [3.05, 3.63) is 35.9 Å². The minimum Gasteiger partial charge on any atom is -0.359 e. The van der Waals surface area contributed by atoms with Gasteiger partial charge >= 0.3 is 0 Å². The van der Waals surface area contributed by atoms with Crippen molar-refractivity contribution in [1.82, 2.24) is 10.6 Å². The molecule has 3 heteroatoms. The van der Waals surface area contributed by atoms with Gasteiger partial charge in [-0.2, -0.15) is 0 Å². The van der Waals surface area contributed by atoms with Crippen LogP contribution >= 0.6 is 0 Å². The van der Waals surface area contributed by atoms with E-state index in [0.717, 1.165) is 25.9 Å². The SMILES string of the molecule is CNC(=O)C[C@@H](c1ccccc1)C1CCNCC1. The van der Waals surface area contributed by atoms with Crippen LogP contribution in [-0.2, 0) is 4.79 Å². The van der Waals surface area contributed by atoms with Gasteiger partial charge < -0.3 is 10.6 Å². The predicted molar refractivity (Wildman–Crippen MR) is 73.5 cm³/mol. The lowest BCUT2D eigenvalue weighted by Gasteiger charge is -2.30. The van der Waals surface area contributed by atoms with E-state index in [1.165, 1.54) is 5.56 Å². The van der Waals surface area contributed by atoms with Crippen LogP contribution in [0.15, 0.2) is 30.3 Å². The fourth-order valence-corrected chi connectivity index (χ4v) is 2.81. The smallest absolute Gasteiger partial charge is 0.220 e. The molecule has 1 atom stereocenters. The maximum absolute atomic E-state index is 11.7. The van der Waals surface area contributed by atoms with Crippen LogP contribution in [-0.4, -0.2) is 26.0 Å². The first-order valence-corrected chi connectivity index (χ1v) is 6.77. The van der Waals surface area contributed by atoms with E-state index in [4.69, 9.17) is 0 Å².